The molecule has 34 heavy (non-hydrogen) atoms. The van der Waals surface area contributed by atoms with Crippen molar-refractivity contribution in [2.45, 2.75) is 45.3 Å². The Hall–Kier alpha value is -3.31. The molecule has 6 heteroatoms. The van der Waals surface area contributed by atoms with Gasteiger partial charge in [-0.25, -0.2) is 0 Å². The van der Waals surface area contributed by atoms with Gasteiger partial charge in [0, 0.05) is 19.0 Å². The number of para-hydroxylation sites is 1. The molecule has 0 radical (unpaired) electrons. The lowest BCUT2D eigenvalue weighted by Gasteiger charge is -2.32. The molecule has 0 aliphatic rings. The summed E-state index contributed by atoms with van der Waals surface area (Å²) in [7, 11) is 0. The lowest BCUT2D eigenvalue weighted by Crippen LogP contribution is -2.53. The van der Waals surface area contributed by atoms with Crippen LogP contribution in [0, 0.1) is 0 Å². The van der Waals surface area contributed by atoms with E-state index in [4.69, 9.17) is 16.3 Å². The van der Waals surface area contributed by atoms with Crippen molar-refractivity contribution in [2.75, 3.05) is 6.61 Å². The van der Waals surface area contributed by atoms with Crippen LogP contribution < -0.4 is 10.1 Å². The Morgan fingerprint density at radius 1 is 0.912 bits per heavy atom. The van der Waals surface area contributed by atoms with Crippen molar-refractivity contribution in [3.8, 4) is 5.75 Å². The Labute approximate surface area is 206 Å². The van der Waals surface area contributed by atoms with Crippen LogP contribution in [0.5, 0.6) is 5.75 Å². The highest BCUT2D eigenvalue weighted by Gasteiger charge is 2.31. The van der Waals surface area contributed by atoms with E-state index in [0.29, 0.717) is 17.2 Å². The SMILES string of the molecule is CC[C@@H](C)NC(=O)[C@H](Cc1ccccc1)N(Cc1ccccc1)C(=O)COc1ccccc1Cl. The van der Waals surface area contributed by atoms with Crippen LogP contribution in [0.15, 0.2) is 84.9 Å². The van der Waals surface area contributed by atoms with Gasteiger partial charge in [-0.1, -0.05) is 91.3 Å². The van der Waals surface area contributed by atoms with E-state index in [1.54, 1.807) is 29.2 Å². The van der Waals surface area contributed by atoms with Gasteiger partial charge >= 0.3 is 0 Å². The Morgan fingerprint density at radius 2 is 1.50 bits per heavy atom. The van der Waals surface area contributed by atoms with Gasteiger partial charge in [0.25, 0.3) is 5.91 Å². The van der Waals surface area contributed by atoms with E-state index in [1.807, 2.05) is 74.5 Å². The molecule has 0 aliphatic heterocycles. The van der Waals surface area contributed by atoms with Crippen molar-refractivity contribution >= 4 is 23.4 Å². The van der Waals surface area contributed by atoms with Gasteiger partial charge in [-0.15, -0.1) is 0 Å². The zero-order valence-electron chi connectivity index (χ0n) is 19.6. The third-order valence-corrected chi connectivity index (χ3v) is 5.97. The molecule has 0 aliphatic carbocycles. The van der Waals surface area contributed by atoms with E-state index in [1.165, 1.54) is 0 Å². The van der Waals surface area contributed by atoms with Crippen LogP contribution in [0.1, 0.15) is 31.4 Å². The minimum Gasteiger partial charge on any atom is -0.482 e. The highest BCUT2D eigenvalue weighted by Crippen LogP contribution is 2.23. The molecule has 0 unspecified atom stereocenters. The van der Waals surface area contributed by atoms with Gasteiger partial charge in [-0.3, -0.25) is 9.59 Å². The predicted octanol–water partition coefficient (Wildman–Crippen LogP) is 5.27. The lowest BCUT2D eigenvalue weighted by atomic mass is 10.0. The molecule has 0 saturated heterocycles. The quantitative estimate of drug-likeness (QED) is 0.408. The van der Waals surface area contributed by atoms with E-state index in [9.17, 15) is 9.59 Å². The average Bonchev–Trinajstić information content (AvgIpc) is 2.86. The van der Waals surface area contributed by atoms with Gasteiger partial charge in [-0.2, -0.15) is 0 Å². The molecule has 0 heterocycles. The average molecular weight is 479 g/mol. The summed E-state index contributed by atoms with van der Waals surface area (Å²) in [6, 6.07) is 25.7. The van der Waals surface area contributed by atoms with Crippen LogP contribution >= 0.6 is 11.6 Å². The summed E-state index contributed by atoms with van der Waals surface area (Å²) < 4.78 is 5.74. The summed E-state index contributed by atoms with van der Waals surface area (Å²) in [6.07, 6.45) is 1.19. The second kappa shape index (κ2) is 12.8. The molecular weight excluding hydrogens is 448 g/mol. The molecule has 1 N–H and O–H groups in total. The van der Waals surface area contributed by atoms with E-state index < -0.39 is 6.04 Å². The third-order valence-electron chi connectivity index (χ3n) is 5.66. The number of rotatable bonds is 11. The van der Waals surface area contributed by atoms with Crippen molar-refractivity contribution in [3.05, 3.63) is 101 Å². The minimum absolute atomic E-state index is 0.00109. The number of ether oxygens (including phenoxy) is 1. The van der Waals surface area contributed by atoms with Crippen LogP contribution in [0.4, 0.5) is 0 Å². The van der Waals surface area contributed by atoms with E-state index >= 15 is 0 Å². The molecule has 0 aromatic heterocycles. The summed E-state index contributed by atoms with van der Waals surface area (Å²) in [4.78, 5) is 28.5. The van der Waals surface area contributed by atoms with E-state index in [0.717, 1.165) is 17.5 Å². The molecule has 3 aromatic rings. The van der Waals surface area contributed by atoms with Crippen molar-refractivity contribution in [3.63, 3.8) is 0 Å². The number of carbonyl (C=O) groups is 2. The van der Waals surface area contributed by atoms with Gasteiger partial charge in [0.1, 0.15) is 11.8 Å². The van der Waals surface area contributed by atoms with E-state index in [-0.39, 0.29) is 31.0 Å². The van der Waals surface area contributed by atoms with Crippen LogP contribution in [0.2, 0.25) is 5.02 Å². The Bertz CT molecular complexity index is 1060. The van der Waals surface area contributed by atoms with Crippen molar-refractivity contribution < 1.29 is 14.3 Å². The number of hydrogen-bond donors (Lipinski definition) is 1. The highest BCUT2D eigenvalue weighted by atomic mass is 35.5. The summed E-state index contributed by atoms with van der Waals surface area (Å²) in [5.41, 5.74) is 1.91. The maximum Gasteiger partial charge on any atom is 0.261 e. The van der Waals surface area contributed by atoms with Gasteiger partial charge in [0.15, 0.2) is 6.61 Å². The summed E-state index contributed by atoms with van der Waals surface area (Å²) in [5, 5.41) is 3.49. The molecule has 3 rings (SSSR count). The van der Waals surface area contributed by atoms with Crippen LogP contribution in [0.3, 0.4) is 0 Å². The molecule has 0 bridgehead atoms. The van der Waals surface area contributed by atoms with Gasteiger partial charge in [-0.05, 0) is 36.6 Å². The Balaban J connectivity index is 1.90. The summed E-state index contributed by atoms with van der Waals surface area (Å²) in [6.45, 7) is 4.04. The van der Waals surface area contributed by atoms with Gasteiger partial charge in [0.2, 0.25) is 5.91 Å². The summed E-state index contributed by atoms with van der Waals surface area (Å²) in [5.74, 6) is -0.0370. The molecule has 0 spiro atoms. The second-order valence-electron chi connectivity index (χ2n) is 8.25. The molecule has 0 saturated carbocycles. The fraction of sp³-hybridized carbons (Fsp3) is 0.286. The smallest absolute Gasteiger partial charge is 0.261 e. The molecule has 178 valence electrons. The standard InChI is InChI=1S/C28H31ClN2O3/c1-3-21(2)30-28(33)25(18-22-12-6-4-7-13-22)31(19-23-14-8-5-9-15-23)27(32)20-34-26-17-11-10-16-24(26)29/h4-17,21,25H,3,18-20H2,1-2H3,(H,30,33)/t21-,25+/m1/s1. The van der Waals surface area contributed by atoms with Crippen molar-refractivity contribution in [1.82, 2.24) is 10.2 Å². The normalized spacial score (nSPS) is 12.4. The molecule has 5 nitrogen and oxygen atoms in total. The van der Waals surface area contributed by atoms with Crippen LogP contribution in [-0.2, 0) is 22.6 Å². The maximum absolute atomic E-state index is 13.5. The van der Waals surface area contributed by atoms with Crippen LogP contribution in [-0.4, -0.2) is 35.4 Å². The number of hydrogen-bond acceptors (Lipinski definition) is 3. The van der Waals surface area contributed by atoms with Crippen molar-refractivity contribution in [2.24, 2.45) is 0 Å². The minimum atomic E-state index is -0.695. The largest absolute Gasteiger partial charge is 0.482 e. The molecule has 2 atom stereocenters. The highest BCUT2D eigenvalue weighted by molar-refractivity contribution is 6.32. The van der Waals surface area contributed by atoms with E-state index in [2.05, 4.69) is 5.32 Å². The van der Waals surface area contributed by atoms with Crippen molar-refractivity contribution in [1.29, 1.82) is 0 Å². The first kappa shape index (κ1) is 25.3. The number of benzene rings is 3. The fourth-order valence-corrected chi connectivity index (χ4v) is 3.75. The Kier molecular flexibility index (Phi) is 9.53. The number of halogens is 1. The summed E-state index contributed by atoms with van der Waals surface area (Å²) >= 11 is 6.20. The lowest BCUT2D eigenvalue weighted by molar-refractivity contribution is -0.143. The number of carbonyl (C=O) groups excluding carboxylic acids is 2. The first-order valence-electron chi connectivity index (χ1n) is 11.5. The monoisotopic (exact) mass is 478 g/mol. The third kappa shape index (κ3) is 7.35. The number of amides is 2. The predicted molar refractivity (Wildman–Crippen MR) is 136 cm³/mol. The van der Waals surface area contributed by atoms with Gasteiger partial charge in [0.05, 0.1) is 5.02 Å². The molecular formula is C28H31ClN2O3. The Morgan fingerprint density at radius 3 is 2.12 bits per heavy atom. The van der Waals surface area contributed by atoms with Gasteiger partial charge < -0.3 is 15.0 Å². The first-order valence-corrected chi connectivity index (χ1v) is 11.9. The zero-order valence-corrected chi connectivity index (χ0v) is 20.4. The molecule has 3 aromatic carbocycles. The second-order valence-corrected chi connectivity index (χ2v) is 8.66. The van der Waals surface area contributed by atoms with Crippen LogP contribution in [0.25, 0.3) is 0 Å². The first-order chi connectivity index (χ1) is 16.5. The number of nitrogens with one attached hydrogen (secondary N) is 1. The fourth-order valence-electron chi connectivity index (χ4n) is 3.56. The number of nitrogens with zero attached hydrogens (tertiary/aromatic N) is 1. The molecule has 0 fully saturated rings. The molecule has 2 amide bonds. The zero-order chi connectivity index (χ0) is 24.3. The maximum atomic E-state index is 13.5. The topological polar surface area (TPSA) is 58.6 Å².